The van der Waals surface area contributed by atoms with Gasteiger partial charge in [0.05, 0.1) is 5.56 Å². The van der Waals surface area contributed by atoms with Crippen LogP contribution in [-0.4, -0.2) is 10.8 Å². The van der Waals surface area contributed by atoms with Gasteiger partial charge in [0, 0.05) is 29.4 Å². The number of hydrogen-bond donors (Lipinski definition) is 0. The number of carbonyl (C=O) groups excluding carboxylic acids is 1. The van der Waals surface area contributed by atoms with Crippen molar-refractivity contribution < 1.29 is 18.0 Å². The SMILES string of the molecule is O=C(C[C@@H]1CC[C@H]1c1ccc(Cl)cc1C(F)(F)F)c1cccnc1. The second kappa shape index (κ2) is 6.55. The van der Waals surface area contributed by atoms with Crippen molar-refractivity contribution in [3.05, 3.63) is 64.4 Å². The van der Waals surface area contributed by atoms with E-state index < -0.39 is 11.7 Å². The summed E-state index contributed by atoms with van der Waals surface area (Å²) in [5.74, 6) is -0.431. The second-order valence-corrected chi connectivity index (χ2v) is 6.48. The third-order valence-corrected chi connectivity index (χ3v) is 4.80. The number of Topliss-reactive ketones (excluding diaryl/α,β-unsaturated/α-hetero) is 1. The lowest BCUT2D eigenvalue weighted by Gasteiger charge is -2.38. The maximum absolute atomic E-state index is 13.3. The van der Waals surface area contributed by atoms with E-state index in [0.717, 1.165) is 12.5 Å². The minimum atomic E-state index is -4.45. The Bertz CT molecular complexity index is 746. The summed E-state index contributed by atoms with van der Waals surface area (Å²) in [6.45, 7) is 0. The first-order valence-electron chi connectivity index (χ1n) is 7.66. The number of alkyl halides is 3. The van der Waals surface area contributed by atoms with Crippen LogP contribution >= 0.6 is 11.6 Å². The van der Waals surface area contributed by atoms with E-state index in [0.29, 0.717) is 12.0 Å². The Kier molecular flexibility index (Phi) is 4.63. The van der Waals surface area contributed by atoms with Crippen LogP contribution in [-0.2, 0) is 6.18 Å². The van der Waals surface area contributed by atoms with Gasteiger partial charge in [-0.1, -0.05) is 17.7 Å². The number of halogens is 4. The van der Waals surface area contributed by atoms with Crippen molar-refractivity contribution >= 4 is 17.4 Å². The third kappa shape index (κ3) is 3.46. The van der Waals surface area contributed by atoms with E-state index in [2.05, 4.69) is 4.98 Å². The quantitative estimate of drug-likeness (QED) is 0.677. The molecule has 1 aliphatic rings. The fourth-order valence-electron chi connectivity index (χ4n) is 3.20. The molecule has 0 unspecified atom stereocenters. The van der Waals surface area contributed by atoms with Crippen LogP contribution in [0.2, 0.25) is 5.02 Å². The Hall–Kier alpha value is -1.88. The molecule has 1 saturated carbocycles. The van der Waals surface area contributed by atoms with Gasteiger partial charge in [-0.15, -0.1) is 0 Å². The maximum Gasteiger partial charge on any atom is 0.416 e. The molecule has 2 atom stereocenters. The van der Waals surface area contributed by atoms with Crippen molar-refractivity contribution in [3.63, 3.8) is 0 Å². The Labute approximate surface area is 142 Å². The summed E-state index contributed by atoms with van der Waals surface area (Å²) in [7, 11) is 0. The summed E-state index contributed by atoms with van der Waals surface area (Å²) in [5, 5.41) is 0.0633. The van der Waals surface area contributed by atoms with Crippen LogP contribution < -0.4 is 0 Å². The van der Waals surface area contributed by atoms with Gasteiger partial charge in [-0.2, -0.15) is 13.2 Å². The zero-order valence-electron chi connectivity index (χ0n) is 12.7. The lowest BCUT2D eigenvalue weighted by molar-refractivity contribution is -0.138. The molecule has 1 aromatic heterocycles. The summed E-state index contributed by atoms with van der Waals surface area (Å²) >= 11 is 5.73. The van der Waals surface area contributed by atoms with E-state index in [1.807, 2.05) is 0 Å². The number of rotatable bonds is 4. The predicted octanol–water partition coefficient (Wildman–Crippen LogP) is 5.52. The smallest absolute Gasteiger partial charge is 0.294 e. The first kappa shape index (κ1) is 17.0. The lowest BCUT2D eigenvalue weighted by atomic mass is 9.66. The van der Waals surface area contributed by atoms with Crippen LogP contribution in [0.15, 0.2) is 42.7 Å². The zero-order chi connectivity index (χ0) is 17.3. The van der Waals surface area contributed by atoms with Gasteiger partial charge in [0.2, 0.25) is 0 Å². The molecule has 24 heavy (non-hydrogen) atoms. The van der Waals surface area contributed by atoms with Crippen molar-refractivity contribution in [1.82, 2.24) is 4.98 Å². The number of aromatic nitrogens is 1. The number of pyridine rings is 1. The lowest BCUT2D eigenvalue weighted by Crippen LogP contribution is -2.28. The van der Waals surface area contributed by atoms with Crippen LogP contribution in [0.3, 0.4) is 0 Å². The van der Waals surface area contributed by atoms with Gasteiger partial charge in [0.1, 0.15) is 0 Å². The van der Waals surface area contributed by atoms with Crippen molar-refractivity contribution in [3.8, 4) is 0 Å². The Balaban J connectivity index is 1.81. The molecular formula is C18H15ClF3NO. The van der Waals surface area contributed by atoms with Crippen LogP contribution in [0.25, 0.3) is 0 Å². The fraction of sp³-hybridized carbons (Fsp3) is 0.333. The molecule has 0 saturated heterocycles. The first-order valence-corrected chi connectivity index (χ1v) is 8.04. The summed E-state index contributed by atoms with van der Waals surface area (Å²) in [6.07, 6.45) is 0.238. The molecule has 126 valence electrons. The molecule has 3 rings (SSSR count). The summed E-state index contributed by atoms with van der Waals surface area (Å²) in [5.41, 5.74) is 0.0379. The molecule has 0 amide bonds. The average molecular weight is 354 g/mol. The molecular weight excluding hydrogens is 339 g/mol. The molecule has 0 radical (unpaired) electrons. The molecule has 1 aliphatic carbocycles. The highest BCUT2D eigenvalue weighted by molar-refractivity contribution is 6.30. The van der Waals surface area contributed by atoms with E-state index in [9.17, 15) is 18.0 Å². The van der Waals surface area contributed by atoms with E-state index in [-0.39, 0.29) is 34.6 Å². The fourth-order valence-corrected chi connectivity index (χ4v) is 3.38. The Morgan fingerprint density at radius 1 is 1.25 bits per heavy atom. The highest BCUT2D eigenvalue weighted by Gasteiger charge is 2.41. The normalized spacial score (nSPS) is 20.5. The molecule has 1 aromatic carbocycles. The molecule has 1 heterocycles. The number of carbonyl (C=O) groups is 1. The molecule has 0 bridgehead atoms. The van der Waals surface area contributed by atoms with E-state index >= 15 is 0 Å². The third-order valence-electron chi connectivity index (χ3n) is 4.57. The number of ketones is 1. The molecule has 0 spiro atoms. The van der Waals surface area contributed by atoms with E-state index in [1.165, 1.54) is 18.3 Å². The Morgan fingerprint density at radius 3 is 2.62 bits per heavy atom. The van der Waals surface area contributed by atoms with Gasteiger partial charge < -0.3 is 0 Å². The van der Waals surface area contributed by atoms with Crippen molar-refractivity contribution in [2.45, 2.75) is 31.4 Å². The van der Waals surface area contributed by atoms with Gasteiger partial charge in [0.15, 0.2) is 5.78 Å². The molecule has 6 heteroatoms. The largest absolute Gasteiger partial charge is 0.416 e. The van der Waals surface area contributed by atoms with Crippen LogP contribution in [0.5, 0.6) is 0 Å². The number of hydrogen-bond acceptors (Lipinski definition) is 2. The summed E-state index contributed by atoms with van der Waals surface area (Å²) in [4.78, 5) is 16.2. The summed E-state index contributed by atoms with van der Waals surface area (Å²) < 4.78 is 39.8. The van der Waals surface area contributed by atoms with Crippen LogP contribution in [0, 0.1) is 5.92 Å². The number of benzene rings is 1. The minimum Gasteiger partial charge on any atom is -0.294 e. The predicted molar refractivity (Wildman–Crippen MR) is 85.1 cm³/mol. The molecule has 2 aromatic rings. The van der Waals surface area contributed by atoms with Crippen molar-refractivity contribution in [2.75, 3.05) is 0 Å². The van der Waals surface area contributed by atoms with Crippen molar-refractivity contribution in [2.24, 2.45) is 5.92 Å². The molecule has 0 N–H and O–H groups in total. The van der Waals surface area contributed by atoms with Crippen LogP contribution in [0.4, 0.5) is 13.2 Å². The van der Waals surface area contributed by atoms with E-state index in [1.54, 1.807) is 18.3 Å². The minimum absolute atomic E-state index is 0.0633. The second-order valence-electron chi connectivity index (χ2n) is 6.04. The standard InChI is InChI=1S/C18H15ClF3NO/c19-13-4-6-15(16(9-13)18(20,21)22)14-5-3-11(14)8-17(24)12-2-1-7-23-10-12/h1-2,4,6-7,9-11,14H,3,5,8H2/t11-,14+/m0/s1. The van der Waals surface area contributed by atoms with Crippen LogP contribution in [0.1, 0.15) is 46.7 Å². The monoisotopic (exact) mass is 353 g/mol. The topological polar surface area (TPSA) is 30.0 Å². The van der Waals surface area contributed by atoms with Crippen molar-refractivity contribution in [1.29, 1.82) is 0 Å². The highest BCUT2D eigenvalue weighted by atomic mass is 35.5. The highest BCUT2D eigenvalue weighted by Crippen LogP contribution is 2.49. The van der Waals surface area contributed by atoms with Gasteiger partial charge in [-0.3, -0.25) is 9.78 Å². The zero-order valence-corrected chi connectivity index (χ0v) is 13.4. The van der Waals surface area contributed by atoms with Gasteiger partial charge >= 0.3 is 6.18 Å². The average Bonchev–Trinajstić information content (AvgIpc) is 2.53. The summed E-state index contributed by atoms with van der Waals surface area (Å²) in [6, 6.07) is 7.23. The Morgan fingerprint density at radius 2 is 2.04 bits per heavy atom. The molecule has 2 nitrogen and oxygen atoms in total. The number of nitrogens with zero attached hydrogens (tertiary/aromatic N) is 1. The van der Waals surface area contributed by atoms with Gasteiger partial charge in [-0.05, 0) is 54.5 Å². The van der Waals surface area contributed by atoms with E-state index in [4.69, 9.17) is 11.6 Å². The first-order chi connectivity index (χ1) is 11.4. The van der Waals surface area contributed by atoms with Gasteiger partial charge in [-0.25, -0.2) is 0 Å². The maximum atomic E-state index is 13.3. The van der Waals surface area contributed by atoms with Gasteiger partial charge in [0.25, 0.3) is 0 Å². The molecule has 1 fully saturated rings. The molecule has 0 aliphatic heterocycles.